The van der Waals surface area contributed by atoms with Gasteiger partial charge in [-0.25, -0.2) is 13.1 Å². The number of aromatic nitrogens is 2. The molecule has 9 nitrogen and oxygen atoms in total. The number of carbonyl (C=O) groups excluding carboxylic acids is 1. The Morgan fingerprint density at radius 3 is 2.62 bits per heavy atom. The lowest BCUT2D eigenvalue weighted by molar-refractivity contribution is -0.137. The fourth-order valence-corrected chi connectivity index (χ4v) is 3.69. The van der Waals surface area contributed by atoms with Gasteiger partial charge in [0.1, 0.15) is 0 Å². The van der Waals surface area contributed by atoms with Crippen molar-refractivity contribution in [1.29, 1.82) is 0 Å². The molecule has 0 aliphatic carbocycles. The van der Waals surface area contributed by atoms with E-state index in [1.165, 1.54) is 6.92 Å². The molecule has 0 spiro atoms. The van der Waals surface area contributed by atoms with E-state index >= 15 is 0 Å². The molecule has 1 rings (SSSR count). The molecule has 11 heteroatoms. The third kappa shape index (κ3) is 6.14. The van der Waals surface area contributed by atoms with Crippen LogP contribution in [0, 0.1) is 0 Å². The van der Waals surface area contributed by atoms with Crippen molar-refractivity contribution in [2.24, 2.45) is 0 Å². The number of aliphatic carboxylic acids is 1. The monoisotopic (exact) mass is 336 g/mol. The first-order chi connectivity index (χ1) is 9.70. The summed E-state index contributed by atoms with van der Waals surface area (Å²) in [6, 6.07) is -0.428. The van der Waals surface area contributed by atoms with Crippen molar-refractivity contribution in [2.45, 2.75) is 43.5 Å². The van der Waals surface area contributed by atoms with Crippen LogP contribution in [-0.2, 0) is 19.6 Å². The number of nitrogens with one attached hydrogen (secondary N) is 2. The van der Waals surface area contributed by atoms with Crippen molar-refractivity contribution in [1.82, 2.24) is 14.9 Å². The number of hydrogen-bond acceptors (Lipinski definition) is 7. The SMILES string of the molecule is CC(=O)Nc1nnc(S(=O)(=O)NC(C)CCCC(=O)O)s1. The van der Waals surface area contributed by atoms with E-state index in [1.54, 1.807) is 6.92 Å². The Morgan fingerprint density at radius 2 is 2.05 bits per heavy atom. The molecule has 0 aliphatic heterocycles. The number of hydrogen-bond donors (Lipinski definition) is 3. The molecule has 0 fully saturated rings. The molecule has 3 N–H and O–H groups in total. The lowest BCUT2D eigenvalue weighted by atomic mass is 10.1. The first-order valence-electron chi connectivity index (χ1n) is 6.06. The summed E-state index contributed by atoms with van der Waals surface area (Å²) in [5, 5.41) is 18.0. The maximum Gasteiger partial charge on any atom is 0.303 e. The van der Waals surface area contributed by atoms with E-state index in [4.69, 9.17) is 5.11 Å². The van der Waals surface area contributed by atoms with E-state index in [1.807, 2.05) is 0 Å². The highest BCUT2D eigenvalue weighted by Crippen LogP contribution is 2.20. The zero-order valence-corrected chi connectivity index (χ0v) is 13.1. The zero-order chi connectivity index (χ0) is 16.0. The number of carboxylic acid groups (broad SMARTS) is 1. The highest BCUT2D eigenvalue weighted by molar-refractivity contribution is 7.91. The van der Waals surface area contributed by atoms with Crippen molar-refractivity contribution in [3.63, 3.8) is 0 Å². The van der Waals surface area contributed by atoms with Crippen LogP contribution < -0.4 is 10.0 Å². The second kappa shape index (κ2) is 7.43. The van der Waals surface area contributed by atoms with Crippen LogP contribution in [0.2, 0.25) is 0 Å². The van der Waals surface area contributed by atoms with Crippen LogP contribution >= 0.6 is 11.3 Å². The van der Waals surface area contributed by atoms with Crippen LogP contribution in [-0.4, -0.2) is 41.6 Å². The van der Waals surface area contributed by atoms with Gasteiger partial charge in [0.05, 0.1) is 0 Å². The molecule has 0 aliphatic rings. The van der Waals surface area contributed by atoms with Gasteiger partial charge in [-0.2, -0.15) is 0 Å². The maximum atomic E-state index is 12.0. The molecule has 1 heterocycles. The largest absolute Gasteiger partial charge is 0.481 e. The Bertz CT molecular complexity index is 613. The van der Waals surface area contributed by atoms with Gasteiger partial charge in [-0.05, 0) is 19.8 Å². The van der Waals surface area contributed by atoms with Crippen LogP contribution in [0.3, 0.4) is 0 Å². The summed E-state index contributed by atoms with van der Waals surface area (Å²) in [4.78, 5) is 21.2. The summed E-state index contributed by atoms with van der Waals surface area (Å²) in [6.07, 6.45) is 0.743. The standard InChI is InChI=1S/C10H16N4O5S2/c1-6(4-3-5-8(16)17)14-21(18,19)10-13-12-9(20-10)11-7(2)15/h6,14H,3-5H2,1-2H3,(H,16,17)(H,11,12,15). The molecule has 1 aromatic rings. The highest BCUT2D eigenvalue weighted by atomic mass is 32.2. The van der Waals surface area contributed by atoms with Gasteiger partial charge < -0.3 is 10.4 Å². The lowest BCUT2D eigenvalue weighted by Crippen LogP contribution is -2.32. The minimum Gasteiger partial charge on any atom is -0.481 e. The fraction of sp³-hybridized carbons (Fsp3) is 0.600. The normalized spacial score (nSPS) is 12.9. The van der Waals surface area contributed by atoms with Crippen LogP contribution in [0.25, 0.3) is 0 Å². The van der Waals surface area contributed by atoms with Crippen molar-refractivity contribution >= 4 is 38.4 Å². The molecule has 0 saturated carbocycles. The molecule has 1 amide bonds. The smallest absolute Gasteiger partial charge is 0.303 e. The molecule has 1 unspecified atom stereocenters. The topological polar surface area (TPSA) is 138 Å². The molecule has 0 saturated heterocycles. The van der Waals surface area contributed by atoms with Crippen LogP contribution in [0.5, 0.6) is 0 Å². The second-order valence-electron chi connectivity index (χ2n) is 4.36. The second-order valence-corrected chi connectivity index (χ2v) is 7.23. The quantitative estimate of drug-likeness (QED) is 0.585. The van der Waals surface area contributed by atoms with Gasteiger partial charge in [0, 0.05) is 19.4 Å². The third-order valence-electron chi connectivity index (χ3n) is 2.30. The van der Waals surface area contributed by atoms with Gasteiger partial charge in [-0.3, -0.25) is 9.59 Å². The van der Waals surface area contributed by atoms with Crippen LogP contribution in [0.15, 0.2) is 4.34 Å². The van der Waals surface area contributed by atoms with E-state index in [9.17, 15) is 18.0 Å². The van der Waals surface area contributed by atoms with Crippen molar-refractivity contribution in [3.05, 3.63) is 0 Å². The molecule has 0 bridgehead atoms. The lowest BCUT2D eigenvalue weighted by Gasteiger charge is -2.11. The first-order valence-corrected chi connectivity index (χ1v) is 8.36. The number of carbonyl (C=O) groups is 2. The van der Waals surface area contributed by atoms with Crippen molar-refractivity contribution in [2.75, 3.05) is 5.32 Å². The number of sulfonamides is 1. The van der Waals surface area contributed by atoms with E-state index < -0.39 is 22.0 Å². The molecule has 0 aromatic carbocycles. The molecule has 118 valence electrons. The van der Waals surface area contributed by atoms with Gasteiger partial charge >= 0.3 is 5.97 Å². The van der Waals surface area contributed by atoms with Gasteiger partial charge in [-0.1, -0.05) is 11.3 Å². The van der Waals surface area contributed by atoms with Gasteiger partial charge in [0.25, 0.3) is 10.0 Å². The van der Waals surface area contributed by atoms with Gasteiger partial charge in [0.15, 0.2) is 0 Å². The number of nitrogens with zero attached hydrogens (tertiary/aromatic N) is 2. The predicted octanol–water partition coefficient (Wildman–Crippen LogP) is 0.418. The molecule has 1 aromatic heterocycles. The van der Waals surface area contributed by atoms with E-state index in [0.717, 1.165) is 11.3 Å². The average molecular weight is 336 g/mol. The van der Waals surface area contributed by atoms with Crippen molar-refractivity contribution < 1.29 is 23.1 Å². The Kier molecular flexibility index (Phi) is 6.18. The molecular weight excluding hydrogens is 320 g/mol. The Labute approximate surface area is 125 Å². The summed E-state index contributed by atoms with van der Waals surface area (Å²) >= 11 is 0.740. The maximum absolute atomic E-state index is 12.0. The number of carboxylic acids is 1. The molecular formula is C10H16N4O5S2. The predicted molar refractivity (Wildman–Crippen MR) is 75.5 cm³/mol. The Balaban J connectivity index is 2.62. The van der Waals surface area contributed by atoms with Gasteiger partial charge in [0.2, 0.25) is 15.4 Å². The minimum atomic E-state index is -3.83. The highest BCUT2D eigenvalue weighted by Gasteiger charge is 2.22. The Hall–Kier alpha value is -1.59. The fourth-order valence-electron chi connectivity index (χ4n) is 1.45. The molecule has 21 heavy (non-hydrogen) atoms. The van der Waals surface area contributed by atoms with Gasteiger partial charge in [-0.15, -0.1) is 10.2 Å². The number of amides is 1. The van der Waals surface area contributed by atoms with Crippen molar-refractivity contribution in [3.8, 4) is 0 Å². The van der Waals surface area contributed by atoms with Crippen LogP contribution in [0.4, 0.5) is 5.13 Å². The summed E-state index contributed by atoms with van der Waals surface area (Å²) in [7, 11) is -3.83. The summed E-state index contributed by atoms with van der Waals surface area (Å²) in [6.45, 7) is 2.91. The average Bonchev–Trinajstić information content (AvgIpc) is 2.75. The minimum absolute atomic E-state index is 0.0163. The van der Waals surface area contributed by atoms with Crippen LogP contribution in [0.1, 0.15) is 33.1 Å². The van der Waals surface area contributed by atoms with E-state index in [0.29, 0.717) is 12.8 Å². The number of rotatable bonds is 8. The first kappa shape index (κ1) is 17.5. The Morgan fingerprint density at radius 1 is 1.38 bits per heavy atom. The summed E-state index contributed by atoms with van der Waals surface area (Å²) in [5.41, 5.74) is 0. The van der Waals surface area contributed by atoms with E-state index in [2.05, 4.69) is 20.2 Å². The third-order valence-corrected chi connectivity index (χ3v) is 5.10. The number of anilines is 1. The van der Waals surface area contributed by atoms with E-state index in [-0.39, 0.29) is 21.8 Å². The summed E-state index contributed by atoms with van der Waals surface area (Å²) < 4.78 is 26.1. The zero-order valence-electron chi connectivity index (χ0n) is 11.5. The molecule has 0 radical (unpaired) electrons. The molecule has 1 atom stereocenters. The summed E-state index contributed by atoms with van der Waals surface area (Å²) in [5.74, 6) is -1.29.